The van der Waals surface area contributed by atoms with Gasteiger partial charge in [0.2, 0.25) is 0 Å². The zero-order valence-electron chi connectivity index (χ0n) is 12.8. The summed E-state index contributed by atoms with van der Waals surface area (Å²) in [7, 11) is 0. The number of nitrogens with zero attached hydrogens (tertiary/aromatic N) is 3. The van der Waals surface area contributed by atoms with Gasteiger partial charge in [0.05, 0.1) is 13.1 Å². The van der Waals surface area contributed by atoms with Gasteiger partial charge in [-0.15, -0.1) is 24.0 Å². The van der Waals surface area contributed by atoms with Crippen molar-refractivity contribution < 1.29 is 0 Å². The van der Waals surface area contributed by atoms with E-state index in [4.69, 9.17) is 0 Å². The normalized spacial score (nSPS) is 21.9. The van der Waals surface area contributed by atoms with Crippen LogP contribution in [-0.4, -0.2) is 46.4 Å². The molecule has 1 aromatic rings. The number of nitrogens with one attached hydrogen (secondary N) is 2. The number of aliphatic imine (C=N–C) groups is 1. The van der Waals surface area contributed by atoms with Gasteiger partial charge in [0.15, 0.2) is 5.96 Å². The molecule has 2 rings (SSSR count). The summed E-state index contributed by atoms with van der Waals surface area (Å²) in [5.74, 6) is 0.936. The molecule has 1 aliphatic carbocycles. The summed E-state index contributed by atoms with van der Waals surface area (Å²) in [5.41, 5.74) is 0. The lowest BCUT2D eigenvalue weighted by Gasteiger charge is -2.17. The molecule has 1 aromatic heterocycles. The predicted octanol–water partition coefficient (Wildman–Crippen LogP) is 2.34. The summed E-state index contributed by atoms with van der Waals surface area (Å²) < 4.78 is 1.91. The molecule has 21 heavy (non-hydrogen) atoms. The fourth-order valence-electron chi connectivity index (χ4n) is 2.50. The van der Waals surface area contributed by atoms with Gasteiger partial charge in [-0.2, -0.15) is 16.9 Å². The highest BCUT2D eigenvalue weighted by Gasteiger charge is 2.24. The number of hydrogen-bond acceptors (Lipinski definition) is 3. The minimum absolute atomic E-state index is 0. The molecule has 0 aliphatic heterocycles. The second-order valence-corrected chi connectivity index (χ2v) is 6.18. The van der Waals surface area contributed by atoms with E-state index in [1.54, 1.807) is 6.20 Å². The number of thioether (sulfide) groups is 1. The van der Waals surface area contributed by atoms with Gasteiger partial charge >= 0.3 is 0 Å². The van der Waals surface area contributed by atoms with Crippen LogP contribution in [0, 0.1) is 0 Å². The van der Waals surface area contributed by atoms with Crippen molar-refractivity contribution >= 4 is 41.7 Å². The van der Waals surface area contributed by atoms with Gasteiger partial charge in [0.1, 0.15) is 0 Å². The Bertz CT molecular complexity index is 410. The Kier molecular flexibility index (Phi) is 9.14. The van der Waals surface area contributed by atoms with Crippen molar-refractivity contribution in [1.82, 2.24) is 20.4 Å². The van der Waals surface area contributed by atoms with Crippen molar-refractivity contribution in [1.29, 1.82) is 0 Å². The van der Waals surface area contributed by atoms with E-state index in [1.165, 1.54) is 19.3 Å². The van der Waals surface area contributed by atoms with Gasteiger partial charge in [0.25, 0.3) is 0 Å². The van der Waals surface area contributed by atoms with Crippen LogP contribution < -0.4 is 10.6 Å². The van der Waals surface area contributed by atoms with Crippen molar-refractivity contribution in [3.8, 4) is 0 Å². The molecule has 2 atom stereocenters. The molecule has 0 amide bonds. The molecule has 0 radical (unpaired) electrons. The van der Waals surface area contributed by atoms with Crippen LogP contribution in [0.1, 0.15) is 26.2 Å². The van der Waals surface area contributed by atoms with Crippen LogP contribution in [0.25, 0.3) is 0 Å². The first-order valence-electron chi connectivity index (χ1n) is 7.37. The maximum absolute atomic E-state index is 4.63. The molecule has 5 nitrogen and oxygen atoms in total. The zero-order chi connectivity index (χ0) is 14.2. The van der Waals surface area contributed by atoms with Crippen molar-refractivity contribution in [3.63, 3.8) is 0 Å². The standard InChI is InChI=1S/C14H25N5S.HI/c1-3-15-14(16-8-10-19-9-4-7-17-19)18-12-5-6-13(11-12)20-2;/h4,7,9,12-13H,3,5-6,8,10-11H2,1-2H3,(H2,15,16,18);1H. The highest BCUT2D eigenvalue weighted by atomic mass is 127. The second kappa shape index (κ2) is 10.3. The average molecular weight is 423 g/mol. The number of guanidine groups is 1. The Labute approximate surface area is 148 Å². The van der Waals surface area contributed by atoms with Crippen molar-refractivity contribution in [2.24, 2.45) is 4.99 Å². The van der Waals surface area contributed by atoms with Crippen molar-refractivity contribution in [2.75, 3.05) is 19.3 Å². The summed E-state index contributed by atoms with van der Waals surface area (Å²) in [5, 5.41) is 11.9. The van der Waals surface area contributed by atoms with E-state index in [9.17, 15) is 0 Å². The van der Waals surface area contributed by atoms with Gasteiger partial charge in [0, 0.05) is 30.2 Å². The number of rotatable bonds is 6. The molecule has 0 bridgehead atoms. The molecule has 2 N–H and O–H groups in total. The van der Waals surface area contributed by atoms with Crippen LogP contribution in [-0.2, 0) is 6.54 Å². The van der Waals surface area contributed by atoms with Crippen LogP contribution in [0.5, 0.6) is 0 Å². The Morgan fingerprint density at radius 2 is 2.33 bits per heavy atom. The summed E-state index contributed by atoms with van der Waals surface area (Å²) in [6, 6.07) is 2.50. The number of aromatic nitrogens is 2. The maximum Gasteiger partial charge on any atom is 0.191 e. The monoisotopic (exact) mass is 423 g/mol. The second-order valence-electron chi connectivity index (χ2n) is 5.04. The van der Waals surface area contributed by atoms with Gasteiger partial charge in [-0.1, -0.05) is 0 Å². The summed E-state index contributed by atoms with van der Waals surface area (Å²) in [6.07, 6.45) is 9.77. The van der Waals surface area contributed by atoms with Crippen molar-refractivity contribution in [2.45, 2.75) is 44.0 Å². The van der Waals surface area contributed by atoms with E-state index in [-0.39, 0.29) is 24.0 Å². The van der Waals surface area contributed by atoms with E-state index in [0.717, 1.165) is 30.8 Å². The van der Waals surface area contributed by atoms with E-state index in [2.05, 4.69) is 33.9 Å². The SMILES string of the molecule is CCNC(=NCCn1cccn1)NC1CCC(SC)C1.I. The third-order valence-electron chi connectivity index (χ3n) is 3.56. The number of hydrogen-bond donors (Lipinski definition) is 2. The summed E-state index contributed by atoms with van der Waals surface area (Å²) >= 11 is 1.98. The van der Waals surface area contributed by atoms with Gasteiger partial charge in [-0.05, 0) is 38.5 Å². The first-order chi connectivity index (χ1) is 9.81. The highest BCUT2D eigenvalue weighted by Crippen LogP contribution is 2.27. The third kappa shape index (κ3) is 6.46. The van der Waals surface area contributed by atoms with Crippen LogP contribution >= 0.6 is 35.7 Å². The van der Waals surface area contributed by atoms with E-state index in [0.29, 0.717) is 6.04 Å². The predicted molar refractivity (Wildman–Crippen MR) is 102 cm³/mol. The fourth-order valence-corrected chi connectivity index (χ4v) is 3.29. The average Bonchev–Trinajstić information content (AvgIpc) is 3.10. The fraction of sp³-hybridized carbons (Fsp3) is 0.714. The molecular weight excluding hydrogens is 397 g/mol. The molecule has 0 saturated heterocycles. The molecule has 1 fully saturated rings. The van der Waals surface area contributed by atoms with Crippen LogP contribution in [0.3, 0.4) is 0 Å². The first-order valence-corrected chi connectivity index (χ1v) is 8.65. The molecule has 0 spiro atoms. The van der Waals surface area contributed by atoms with Crippen LogP contribution in [0.4, 0.5) is 0 Å². The van der Waals surface area contributed by atoms with Crippen LogP contribution in [0.15, 0.2) is 23.5 Å². The lowest BCUT2D eigenvalue weighted by atomic mass is 10.2. The van der Waals surface area contributed by atoms with Gasteiger partial charge < -0.3 is 10.6 Å². The molecule has 7 heteroatoms. The smallest absolute Gasteiger partial charge is 0.191 e. The topological polar surface area (TPSA) is 54.2 Å². The Morgan fingerprint density at radius 3 is 2.95 bits per heavy atom. The lowest BCUT2D eigenvalue weighted by Crippen LogP contribution is -2.42. The molecule has 0 aromatic carbocycles. The molecule has 1 aliphatic rings. The quantitative estimate of drug-likeness (QED) is 0.419. The molecule has 1 heterocycles. The zero-order valence-corrected chi connectivity index (χ0v) is 15.9. The van der Waals surface area contributed by atoms with Crippen molar-refractivity contribution in [3.05, 3.63) is 18.5 Å². The minimum Gasteiger partial charge on any atom is -0.357 e. The molecular formula is C14H26IN5S. The van der Waals surface area contributed by atoms with E-state index < -0.39 is 0 Å². The lowest BCUT2D eigenvalue weighted by molar-refractivity contribution is 0.600. The third-order valence-corrected chi connectivity index (χ3v) is 4.66. The summed E-state index contributed by atoms with van der Waals surface area (Å²) in [6.45, 7) is 4.56. The largest absolute Gasteiger partial charge is 0.357 e. The Hall–Kier alpha value is -0.440. The van der Waals surface area contributed by atoms with Gasteiger partial charge in [-0.3, -0.25) is 9.67 Å². The minimum atomic E-state index is 0. The van der Waals surface area contributed by atoms with E-state index >= 15 is 0 Å². The first kappa shape index (κ1) is 18.6. The Morgan fingerprint density at radius 1 is 1.48 bits per heavy atom. The molecule has 1 saturated carbocycles. The highest BCUT2D eigenvalue weighted by molar-refractivity contribution is 14.0. The summed E-state index contributed by atoms with van der Waals surface area (Å²) in [4.78, 5) is 4.63. The van der Waals surface area contributed by atoms with Gasteiger partial charge in [-0.25, -0.2) is 0 Å². The maximum atomic E-state index is 4.63. The molecule has 120 valence electrons. The Balaban J connectivity index is 0.00000220. The molecule has 2 unspecified atom stereocenters. The van der Waals surface area contributed by atoms with E-state index in [1.807, 2.05) is 28.7 Å². The number of halogens is 1. The van der Waals surface area contributed by atoms with Crippen LogP contribution in [0.2, 0.25) is 0 Å².